The zero-order chi connectivity index (χ0) is 15.6. The third-order valence-corrected chi connectivity index (χ3v) is 5.55. The SMILES string of the molecule is O=C(NC1CCCN(c2ccccc2F)C1)C1(O)CCSC1. The molecule has 22 heavy (non-hydrogen) atoms. The van der Waals surface area contributed by atoms with Gasteiger partial charge in [0.25, 0.3) is 5.91 Å². The van der Waals surface area contributed by atoms with Gasteiger partial charge in [0.2, 0.25) is 0 Å². The molecule has 2 aliphatic rings. The topological polar surface area (TPSA) is 52.6 Å². The van der Waals surface area contributed by atoms with Crippen molar-refractivity contribution in [3.63, 3.8) is 0 Å². The number of hydrogen-bond acceptors (Lipinski definition) is 4. The molecule has 0 bridgehead atoms. The summed E-state index contributed by atoms with van der Waals surface area (Å²) >= 11 is 1.60. The molecule has 1 aromatic rings. The van der Waals surface area contributed by atoms with Crippen LogP contribution in [0, 0.1) is 5.82 Å². The number of aliphatic hydroxyl groups is 1. The Morgan fingerprint density at radius 1 is 1.45 bits per heavy atom. The molecule has 6 heteroatoms. The van der Waals surface area contributed by atoms with E-state index in [1.807, 2.05) is 11.0 Å². The summed E-state index contributed by atoms with van der Waals surface area (Å²) in [4.78, 5) is 14.2. The van der Waals surface area contributed by atoms with E-state index >= 15 is 0 Å². The zero-order valence-electron chi connectivity index (χ0n) is 12.4. The summed E-state index contributed by atoms with van der Waals surface area (Å²) in [7, 11) is 0. The van der Waals surface area contributed by atoms with Crippen molar-refractivity contribution >= 4 is 23.4 Å². The first-order valence-corrected chi connectivity index (χ1v) is 8.84. The highest BCUT2D eigenvalue weighted by Gasteiger charge is 2.40. The lowest BCUT2D eigenvalue weighted by Gasteiger charge is -2.36. The molecule has 0 spiro atoms. The fourth-order valence-electron chi connectivity index (χ4n) is 3.07. The number of carbonyl (C=O) groups is 1. The predicted octanol–water partition coefficient (Wildman–Crippen LogP) is 1.78. The molecule has 0 saturated carbocycles. The molecule has 120 valence electrons. The number of para-hydroxylation sites is 1. The van der Waals surface area contributed by atoms with Crippen molar-refractivity contribution in [2.24, 2.45) is 0 Å². The first-order chi connectivity index (χ1) is 10.6. The summed E-state index contributed by atoms with van der Waals surface area (Å²) in [5.74, 6) is 0.761. The first-order valence-electron chi connectivity index (χ1n) is 7.69. The number of hydrogen-bond donors (Lipinski definition) is 2. The van der Waals surface area contributed by atoms with Gasteiger partial charge in [-0.15, -0.1) is 0 Å². The largest absolute Gasteiger partial charge is 0.379 e. The van der Waals surface area contributed by atoms with Gasteiger partial charge in [0.1, 0.15) is 5.82 Å². The van der Waals surface area contributed by atoms with Crippen LogP contribution in [0.2, 0.25) is 0 Å². The molecule has 1 amide bonds. The number of nitrogens with zero attached hydrogens (tertiary/aromatic N) is 1. The van der Waals surface area contributed by atoms with Crippen LogP contribution in [0.15, 0.2) is 24.3 Å². The molecular formula is C16H21FN2O2S. The van der Waals surface area contributed by atoms with E-state index in [4.69, 9.17) is 0 Å². The Hall–Kier alpha value is -1.27. The maximum Gasteiger partial charge on any atom is 0.253 e. The number of carbonyl (C=O) groups excluding carboxylic acids is 1. The van der Waals surface area contributed by atoms with Crippen molar-refractivity contribution < 1.29 is 14.3 Å². The van der Waals surface area contributed by atoms with E-state index in [-0.39, 0.29) is 17.8 Å². The average molecular weight is 324 g/mol. The number of nitrogens with one attached hydrogen (secondary N) is 1. The molecule has 2 aliphatic heterocycles. The lowest BCUT2D eigenvalue weighted by atomic mass is 9.99. The summed E-state index contributed by atoms with van der Waals surface area (Å²) in [6.07, 6.45) is 2.26. The Kier molecular flexibility index (Phi) is 4.59. The summed E-state index contributed by atoms with van der Waals surface area (Å²) < 4.78 is 13.9. The van der Waals surface area contributed by atoms with E-state index in [0.717, 1.165) is 25.1 Å². The highest BCUT2D eigenvalue weighted by atomic mass is 32.2. The number of thioether (sulfide) groups is 1. The standard InChI is InChI=1S/C16H21FN2O2S/c17-13-5-1-2-6-14(13)19-8-3-4-12(10-19)18-15(20)16(21)7-9-22-11-16/h1-2,5-6,12,21H,3-4,7-11H2,(H,18,20). The van der Waals surface area contributed by atoms with E-state index in [0.29, 0.717) is 24.4 Å². The highest BCUT2D eigenvalue weighted by molar-refractivity contribution is 7.99. The highest BCUT2D eigenvalue weighted by Crippen LogP contribution is 2.29. The molecule has 4 nitrogen and oxygen atoms in total. The molecule has 2 fully saturated rings. The molecule has 1 aromatic carbocycles. The Balaban J connectivity index is 1.64. The Morgan fingerprint density at radius 3 is 3.00 bits per heavy atom. The average Bonchev–Trinajstić information content (AvgIpc) is 2.96. The van der Waals surface area contributed by atoms with Crippen LogP contribution in [0.5, 0.6) is 0 Å². The normalized spacial score (nSPS) is 28.6. The van der Waals surface area contributed by atoms with Gasteiger partial charge in [-0.2, -0.15) is 11.8 Å². The number of halogens is 1. The van der Waals surface area contributed by atoms with Gasteiger partial charge in [-0.1, -0.05) is 12.1 Å². The number of anilines is 1. The van der Waals surface area contributed by atoms with Crippen molar-refractivity contribution in [2.45, 2.75) is 30.9 Å². The Morgan fingerprint density at radius 2 is 2.27 bits per heavy atom. The zero-order valence-corrected chi connectivity index (χ0v) is 13.2. The van der Waals surface area contributed by atoms with Crippen molar-refractivity contribution in [3.05, 3.63) is 30.1 Å². The van der Waals surface area contributed by atoms with E-state index < -0.39 is 5.60 Å². The van der Waals surface area contributed by atoms with Crippen molar-refractivity contribution in [1.29, 1.82) is 0 Å². The van der Waals surface area contributed by atoms with E-state index in [2.05, 4.69) is 5.32 Å². The van der Waals surface area contributed by atoms with Crippen LogP contribution in [0.25, 0.3) is 0 Å². The van der Waals surface area contributed by atoms with E-state index in [1.165, 1.54) is 6.07 Å². The van der Waals surface area contributed by atoms with Gasteiger partial charge < -0.3 is 15.3 Å². The fourth-order valence-corrected chi connectivity index (χ4v) is 4.31. The van der Waals surface area contributed by atoms with Crippen LogP contribution >= 0.6 is 11.8 Å². The quantitative estimate of drug-likeness (QED) is 0.890. The second-order valence-corrected chi connectivity index (χ2v) is 7.15. The molecule has 0 aromatic heterocycles. The molecule has 2 heterocycles. The second-order valence-electron chi connectivity index (χ2n) is 6.04. The molecule has 0 radical (unpaired) electrons. The summed E-state index contributed by atoms with van der Waals surface area (Å²) in [6, 6.07) is 6.67. The molecule has 0 aliphatic carbocycles. The maximum absolute atomic E-state index is 13.9. The van der Waals surface area contributed by atoms with Crippen molar-refractivity contribution in [2.75, 3.05) is 29.5 Å². The van der Waals surface area contributed by atoms with Gasteiger partial charge in [0.15, 0.2) is 5.60 Å². The van der Waals surface area contributed by atoms with Gasteiger partial charge in [0.05, 0.1) is 5.69 Å². The van der Waals surface area contributed by atoms with Gasteiger partial charge in [0, 0.05) is 24.9 Å². The van der Waals surface area contributed by atoms with Crippen LogP contribution in [-0.2, 0) is 4.79 Å². The molecule has 2 unspecified atom stereocenters. The monoisotopic (exact) mass is 324 g/mol. The van der Waals surface area contributed by atoms with Gasteiger partial charge >= 0.3 is 0 Å². The van der Waals surface area contributed by atoms with Crippen LogP contribution < -0.4 is 10.2 Å². The van der Waals surface area contributed by atoms with Gasteiger partial charge in [-0.05, 0) is 37.1 Å². The third-order valence-electron chi connectivity index (χ3n) is 4.37. The van der Waals surface area contributed by atoms with E-state index in [1.54, 1.807) is 23.9 Å². The number of amides is 1. The summed E-state index contributed by atoms with van der Waals surface area (Å²) in [5, 5.41) is 13.3. The summed E-state index contributed by atoms with van der Waals surface area (Å²) in [6.45, 7) is 1.36. The fraction of sp³-hybridized carbons (Fsp3) is 0.562. The molecule has 2 N–H and O–H groups in total. The van der Waals surface area contributed by atoms with Gasteiger partial charge in [-0.25, -0.2) is 4.39 Å². The molecule has 2 saturated heterocycles. The predicted molar refractivity (Wildman–Crippen MR) is 86.7 cm³/mol. The van der Waals surface area contributed by atoms with Crippen LogP contribution in [-0.4, -0.2) is 47.3 Å². The minimum atomic E-state index is -1.23. The Bertz CT molecular complexity index is 549. The molecule has 3 rings (SSSR count). The first kappa shape index (κ1) is 15.6. The van der Waals surface area contributed by atoms with Crippen LogP contribution in [0.4, 0.5) is 10.1 Å². The molecular weight excluding hydrogens is 303 g/mol. The van der Waals surface area contributed by atoms with Gasteiger partial charge in [-0.3, -0.25) is 4.79 Å². The molecule has 2 atom stereocenters. The minimum absolute atomic E-state index is 0.0459. The van der Waals surface area contributed by atoms with Crippen molar-refractivity contribution in [1.82, 2.24) is 5.32 Å². The van der Waals surface area contributed by atoms with Crippen LogP contribution in [0.3, 0.4) is 0 Å². The maximum atomic E-state index is 13.9. The third kappa shape index (κ3) is 3.22. The number of rotatable bonds is 3. The van der Waals surface area contributed by atoms with Crippen LogP contribution in [0.1, 0.15) is 19.3 Å². The number of benzene rings is 1. The van der Waals surface area contributed by atoms with Crippen molar-refractivity contribution in [3.8, 4) is 0 Å². The lowest BCUT2D eigenvalue weighted by Crippen LogP contribution is -2.55. The summed E-state index contributed by atoms with van der Waals surface area (Å²) in [5.41, 5.74) is -0.651. The lowest BCUT2D eigenvalue weighted by molar-refractivity contribution is -0.138. The number of piperidine rings is 1. The second kappa shape index (κ2) is 6.46. The minimum Gasteiger partial charge on any atom is -0.379 e. The van der Waals surface area contributed by atoms with E-state index in [9.17, 15) is 14.3 Å². The smallest absolute Gasteiger partial charge is 0.253 e. The Labute approximate surface area is 134 Å².